The van der Waals surface area contributed by atoms with Gasteiger partial charge in [0.1, 0.15) is 0 Å². The molecule has 2 atom stereocenters. The average molecular weight is 370 g/mol. The second-order valence-corrected chi connectivity index (χ2v) is 7.69. The second-order valence-electron chi connectivity index (χ2n) is 6.23. The molecule has 7 nitrogen and oxygen atoms in total. The van der Waals surface area contributed by atoms with E-state index in [1.807, 2.05) is 0 Å². The molecule has 0 radical (unpaired) electrons. The molecule has 0 aromatic heterocycles. The SMILES string of the molecule is CC(CO)(CO)C(CO)(CC(S)CC(=O)O)CC(S)CC(=O)O. The molecule has 0 aliphatic carbocycles. The lowest BCUT2D eigenvalue weighted by Gasteiger charge is -2.48. The van der Waals surface area contributed by atoms with Gasteiger partial charge in [0.25, 0.3) is 0 Å². The molecular weight excluding hydrogens is 344 g/mol. The highest BCUT2D eigenvalue weighted by Gasteiger charge is 2.49. The van der Waals surface area contributed by atoms with Crippen LogP contribution in [0.2, 0.25) is 0 Å². The summed E-state index contributed by atoms with van der Waals surface area (Å²) in [6.07, 6.45) is -0.331. The van der Waals surface area contributed by atoms with Gasteiger partial charge >= 0.3 is 11.9 Å². The highest BCUT2D eigenvalue weighted by Crippen LogP contribution is 2.48. The molecule has 0 fully saturated rings. The van der Waals surface area contributed by atoms with Crippen LogP contribution in [-0.4, -0.2) is 67.8 Å². The lowest BCUT2D eigenvalue weighted by atomic mass is 9.60. The van der Waals surface area contributed by atoms with E-state index in [9.17, 15) is 24.9 Å². The number of aliphatic carboxylic acids is 2. The van der Waals surface area contributed by atoms with Gasteiger partial charge in [0.05, 0.1) is 26.1 Å². The molecule has 0 spiro atoms. The van der Waals surface area contributed by atoms with Crippen LogP contribution in [0.15, 0.2) is 0 Å². The Morgan fingerprint density at radius 2 is 1.22 bits per heavy atom. The molecule has 0 rings (SSSR count). The van der Waals surface area contributed by atoms with Crippen molar-refractivity contribution in [2.24, 2.45) is 10.8 Å². The lowest BCUT2D eigenvalue weighted by Crippen LogP contribution is -2.50. The molecule has 0 aromatic carbocycles. The molecule has 0 heterocycles. The fourth-order valence-electron chi connectivity index (χ4n) is 2.73. The molecule has 5 N–H and O–H groups in total. The number of rotatable bonds is 12. The van der Waals surface area contributed by atoms with Crippen molar-refractivity contribution in [1.29, 1.82) is 0 Å². The van der Waals surface area contributed by atoms with E-state index in [2.05, 4.69) is 25.3 Å². The maximum Gasteiger partial charge on any atom is 0.304 e. The van der Waals surface area contributed by atoms with Crippen LogP contribution in [-0.2, 0) is 9.59 Å². The van der Waals surface area contributed by atoms with Crippen molar-refractivity contribution in [3.63, 3.8) is 0 Å². The molecule has 0 saturated carbocycles. The number of hydrogen-bond donors (Lipinski definition) is 7. The molecule has 2 unspecified atom stereocenters. The number of carboxylic acids is 2. The number of aliphatic hydroxyl groups excluding tert-OH is 3. The summed E-state index contributed by atoms with van der Waals surface area (Å²) in [5, 5.41) is 45.8. The fraction of sp³-hybridized carbons (Fsp3) is 0.857. The Hall–Kier alpha value is -0.480. The van der Waals surface area contributed by atoms with Crippen molar-refractivity contribution in [3.05, 3.63) is 0 Å². The van der Waals surface area contributed by atoms with Gasteiger partial charge in [-0.2, -0.15) is 25.3 Å². The zero-order valence-electron chi connectivity index (χ0n) is 13.1. The minimum absolute atomic E-state index is 0.0905. The Morgan fingerprint density at radius 3 is 1.43 bits per heavy atom. The largest absolute Gasteiger partial charge is 0.481 e. The maximum atomic E-state index is 10.8. The van der Waals surface area contributed by atoms with Crippen LogP contribution in [0.3, 0.4) is 0 Å². The van der Waals surface area contributed by atoms with E-state index in [1.54, 1.807) is 6.92 Å². The van der Waals surface area contributed by atoms with Gasteiger partial charge in [0.2, 0.25) is 0 Å². The predicted molar refractivity (Wildman–Crippen MR) is 91.1 cm³/mol. The molecule has 0 amide bonds. The molecule has 136 valence electrons. The Balaban J connectivity index is 5.53. The van der Waals surface area contributed by atoms with Crippen LogP contribution in [0.25, 0.3) is 0 Å². The van der Waals surface area contributed by atoms with E-state index in [4.69, 9.17) is 10.2 Å². The Kier molecular flexibility index (Phi) is 9.53. The third kappa shape index (κ3) is 6.50. The van der Waals surface area contributed by atoms with E-state index in [1.165, 1.54) is 0 Å². The molecule has 9 heteroatoms. The topological polar surface area (TPSA) is 135 Å². The van der Waals surface area contributed by atoms with Gasteiger partial charge in [0.15, 0.2) is 0 Å². The van der Waals surface area contributed by atoms with Crippen molar-refractivity contribution in [1.82, 2.24) is 0 Å². The minimum Gasteiger partial charge on any atom is -0.481 e. The summed E-state index contributed by atoms with van der Waals surface area (Å²) < 4.78 is 0. The standard InChI is InChI=1S/C14H26O7S2/c1-13(6-15,7-16)14(8-17,4-9(22)2-11(18)19)5-10(23)3-12(20)21/h9-10,15-17,22-23H,2-8H2,1H3,(H,18,19)(H,20,21). The van der Waals surface area contributed by atoms with Crippen molar-refractivity contribution in [3.8, 4) is 0 Å². The molecule has 0 aromatic rings. The molecule has 0 aliphatic heterocycles. The fourth-order valence-corrected chi connectivity index (χ4v) is 3.74. The quantitative estimate of drug-likeness (QED) is 0.245. The average Bonchev–Trinajstić information content (AvgIpc) is 2.43. The van der Waals surface area contributed by atoms with E-state index in [-0.39, 0.29) is 25.7 Å². The van der Waals surface area contributed by atoms with Crippen LogP contribution in [0.1, 0.15) is 32.6 Å². The van der Waals surface area contributed by atoms with E-state index in [0.717, 1.165) is 0 Å². The first-order valence-electron chi connectivity index (χ1n) is 7.18. The van der Waals surface area contributed by atoms with E-state index >= 15 is 0 Å². The maximum absolute atomic E-state index is 10.8. The van der Waals surface area contributed by atoms with Crippen molar-refractivity contribution in [2.45, 2.75) is 43.1 Å². The Labute approximate surface area is 146 Å². The predicted octanol–water partition coefficient (Wildman–Crippen LogP) is 0.282. The molecule has 0 bridgehead atoms. The Morgan fingerprint density at radius 1 is 0.870 bits per heavy atom. The van der Waals surface area contributed by atoms with E-state index in [0.29, 0.717) is 0 Å². The van der Waals surface area contributed by atoms with Crippen LogP contribution < -0.4 is 0 Å². The van der Waals surface area contributed by atoms with E-state index < -0.39 is 53.1 Å². The summed E-state index contributed by atoms with van der Waals surface area (Å²) in [4.78, 5) is 21.7. The second kappa shape index (κ2) is 9.73. The van der Waals surface area contributed by atoms with Gasteiger partial charge in [-0.1, -0.05) is 6.92 Å². The number of carbonyl (C=O) groups is 2. The zero-order valence-corrected chi connectivity index (χ0v) is 14.8. The summed E-state index contributed by atoms with van der Waals surface area (Å²) in [6.45, 7) is 0.195. The minimum atomic E-state index is -1.14. The van der Waals surface area contributed by atoms with Crippen LogP contribution in [0.4, 0.5) is 0 Å². The number of aliphatic hydroxyl groups is 3. The summed E-state index contributed by atoms with van der Waals surface area (Å²) in [7, 11) is 0. The first-order valence-corrected chi connectivity index (χ1v) is 8.21. The van der Waals surface area contributed by atoms with Crippen LogP contribution in [0, 0.1) is 10.8 Å². The summed E-state index contributed by atoms with van der Waals surface area (Å²) >= 11 is 8.44. The van der Waals surface area contributed by atoms with Crippen LogP contribution in [0.5, 0.6) is 0 Å². The third-order valence-corrected chi connectivity index (χ3v) is 5.08. The molecular formula is C14H26O7S2. The van der Waals surface area contributed by atoms with Crippen LogP contribution >= 0.6 is 25.3 Å². The lowest BCUT2D eigenvalue weighted by molar-refractivity contribution is -0.137. The molecule has 0 saturated heterocycles. The first-order chi connectivity index (χ1) is 10.6. The number of hydrogen-bond acceptors (Lipinski definition) is 7. The first kappa shape index (κ1) is 22.5. The monoisotopic (exact) mass is 370 g/mol. The molecule has 23 heavy (non-hydrogen) atoms. The van der Waals surface area contributed by atoms with Gasteiger partial charge in [0, 0.05) is 27.9 Å². The molecule has 0 aliphatic rings. The Bertz CT molecular complexity index is 375. The van der Waals surface area contributed by atoms with Gasteiger partial charge < -0.3 is 25.5 Å². The van der Waals surface area contributed by atoms with Crippen molar-refractivity contribution < 1.29 is 35.1 Å². The van der Waals surface area contributed by atoms with Crippen molar-refractivity contribution >= 4 is 37.2 Å². The van der Waals surface area contributed by atoms with Gasteiger partial charge in [-0.3, -0.25) is 9.59 Å². The third-order valence-electron chi connectivity index (χ3n) is 4.35. The smallest absolute Gasteiger partial charge is 0.304 e. The number of carboxylic acid groups (broad SMARTS) is 2. The zero-order chi connectivity index (χ0) is 18.3. The highest BCUT2D eigenvalue weighted by molar-refractivity contribution is 7.81. The number of thiol groups is 2. The summed E-state index contributed by atoms with van der Waals surface area (Å²) in [5.74, 6) is -2.11. The highest BCUT2D eigenvalue weighted by atomic mass is 32.1. The normalized spacial score (nSPS) is 17.3. The summed E-state index contributed by atoms with van der Waals surface area (Å²) in [6, 6.07) is 0. The van der Waals surface area contributed by atoms with Gasteiger partial charge in [-0.15, -0.1) is 0 Å². The summed E-state index contributed by atoms with van der Waals surface area (Å²) in [5.41, 5.74) is -2.25. The van der Waals surface area contributed by atoms with Crippen molar-refractivity contribution in [2.75, 3.05) is 19.8 Å². The van der Waals surface area contributed by atoms with Gasteiger partial charge in [-0.05, 0) is 12.8 Å². The van der Waals surface area contributed by atoms with Gasteiger partial charge in [-0.25, -0.2) is 0 Å².